The van der Waals surface area contributed by atoms with Crippen LogP contribution in [0.2, 0.25) is 0 Å². The molecule has 1 aliphatic heterocycles. The van der Waals surface area contributed by atoms with Gasteiger partial charge in [-0.2, -0.15) is 5.10 Å². The van der Waals surface area contributed by atoms with Gasteiger partial charge >= 0.3 is 0 Å². The minimum atomic E-state index is -0.0279. The number of rotatable bonds is 6. The third kappa shape index (κ3) is 3.83. The lowest BCUT2D eigenvalue weighted by Crippen LogP contribution is -2.38. The fourth-order valence-corrected chi connectivity index (χ4v) is 2.75. The Morgan fingerprint density at radius 3 is 2.86 bits per heavy atom. The van der Waals surface area contributed by atoms with Crippen LogP contribution in [0.25, 0.3) is 0 Å². The summed E-state index contributed by atoms with van der Waals surface area (Å²) in [5.74, 6) is 0.832. The van der Waals surface area contributed by atoms with Gasteiger partial charge in [0.2, 0.25) is 0 Å². The molecule has 1 aliphatic carbocycles. The highest BCUT2D eigenvalue weighted by Crippen LogP contribution is 2.32. The van der Waals surface area contributed by atoms with Crippen molar-refractivity contribution in [2.45, 2.75) is 32.4 Å². The molecule has 1 saturated heterocycles. The third-order valence-corrected chi connectivity index (χ3v) is 4.35. The Hall–Kier alpha value is -1.40. The minimum absolute atomic E-state index is 0.0279. The van der Waals surface area contributed by atoms with Crippen LogP contribution in [-0.2, 0) is 11.3 Å². The van der Waals surface area contributed by atoms with Crippen LogP contribution in [0.3, 0.4) is 0 Å². The van der Waals surface area contributed by atoms with Crippen molar-refractivity contribution in [1.82, 2.24) is 15.1 Å². The molecule has 1 atom stereocenters. The van der Waals surface area contributed by atoms with Crippen LogP contribution < -0.4 is 15.8 Å². The second kappa shape index (κ2) is 6.58. The summed E-state index contributed by atoms with van der Waals surface area (Å²) in [4.78, 5) is 14.3. The maximum absolute atomic E-state index is 12.1. The minimum Gasteiger partial charge on any atom is -0.378 e. The zero-order chi connectivity index (χ0) is 14.7. The molecule has 2 fully saturated rings. The van der Waals surface area contributed by atoms with Gasteiger partial charge in [0.25, 0.3) is 5.56 Å². The number of anilines is 1. The van der Waals surface area contributed by atoms with Gasteiger partial charge in [0.05, 0.1) is 31.6 Å². The van der Waals surface area contributed by atoms with Gasteiger partial charge in [0.15, 0.2) is 0 Å². The van der Waals surface area contributed by atoms with E-state index in [2.05, 4.69) is 22.2 Å². The van der Waals surface area contributed by atoms with Gasteiger partial charge in [-0.3, -0.25) is 4.79 Å². The summed E-state index contributed by atoms with van der Waals surface area (Å²) in [5.41, 5.74) is 0.874. The van der Waals surface area contributed by atoms with E-state index in [4.69, 9.17) is 4.74 Å². The number of hydrogen-bond acceptors (Lipinski definition) is 5. The van der Waals surface area contributed by atoms with Crippen molar-refractivity contribution < 1.29 is 4.74 Å². The molecule has 6 heteroatoms. The molecule has 116 valence electrons. The van der Waals surface area contributed by atoms with Crippen molar-refractivity contribution in [2.75, 3.05) is 37.7 Å². The largest absolute Gasteiger partial charge is 0.378 e. The molecule has 0 spiro atoms. The Labute approximate surface area is 125 Å². The summed E-state index contributed by atoms with van der Waals surface area (Å²) < 4.78 is 6.86. The summed E-state index contributed by atoms with van der Waals surface area (Å²) in [6.45, 7) is 6.71. The average molecular weight is 292 g/mol. The highest BCUT2D eigenvalue weighted by Gasteiger charge is 2.27. The fraction of sp³-hybridized carbons (Fsp3) is 0.733. The number of nitrogens with one attached hydrogen (secondary N) is 1. The van der Waals surface area contributed by atoms with E-state index in [1.165, 1.54) is 17.5 Å². The third-order valence-electron chi connectivity index (χ3n) is 4.35. The van der Waals surface area contributed by atoms with Gasteiger partial charge in [0, 0.05) is 31.7 Å². The van der Waals surface area contributed by atoms with Crippen LogP contribution in [0.4, 0.5) is 5.69 Å². The summed E-state index contributed by atoms with van der Waals surface area (Å²) in [6.07, 6.45) is 4.46. The SMILES string of the molecule is CC(NCCn1ncc(N2CCOCC2)cc1=O)C1CC1. The first-order valence-corrected chi connectivity index (χ1v) is 7.87. The van der Waals surface area contributed by atoms with Crippen LogP contribution in [-0.4, -0.2) is 48.7 Å². The molecule has 0 radical (unpaired) electrons. The van der Waals surface area contributed by atoms with Crippen LogP contribution >= 0.6 is 0 Å². The predicted octanol–water partition coefficient (Wildman–Crippen LogP) is 0.468. The molecule has 6 nitrogen and oxygen atoms in total. The number of ether oxygens (including phenoxy) is 1. The fourth-order valence-electron chi connectivity index (χ4n) is 2.75. The van der Waals surface area contributed by atoms with E-state index in [1.54, 1.807) is 12.3 Å². The molecule has 2 heterocycles. The molecule has 1 unspecified atom stereocenters. The number of hydrogen-bond donors (Lipinski definition) is 1. The van der Waals surface area contributed by atoms with E-state index in [-0.39, 0.29) is 5.56 Å². The zero-order valence-electron chi connectivity index (χ0n) is 12.6. The molecular formula is C15H24N4O2. The highest BCUT2D eigenvalue weighted by atomic mass is 16.5. The molecular weight excluding hydrogens is 268 g/mol. The van der Waals surface area contributed by atoms with Gasteiger partial charge in [0.1, 0.15) is 0 Å². The second-order valence-electron chi connectivity index (χ2n) is 5.95. The maximum atomic E-state index is 12.1. The smallest absolute Gasteiger partial charge is 0.268 e. The molecule has 1 saturated carbocycles. The Bertz CT molecular complexity index is 521. The number of morpholine rings is 1. The van der Waals surface area contributed by atoms with E-state index >= 15 is 0 Å². The standard InChI is InChI=1S/C15H24N4O2/c1-12(13-2-3-13)16-4-5-19-15(20)10-14(11-17-19)18-6-8-21-9-7-18/h10-13,16H,2-9H2,1H3. The average Bonchev–Trinajstić information content (AvgIpc) is 3.34. The van der Waals surface area contributed by atoms with Crippen molar-refractivity contribution in [3.05, 3.63) is 22.6 Å². The summed E-state index contributed by atoms with van der Waals surface area (Å²) >= 11 is 0. The van der Waals surface area contributed by atoms with Crippen molar-refractivity contribution >= 4 is 5.69 Å². The lowest BCUT2D eigenvalue weighted by atomic mass is 10.2. The Kier molecular flexibility index (Phi) is 4.55. The van der Waals surface area contributed by atoms with Gasteiger partial charge in [-0.15, -0.1) is 0 Å². The molecule has 0 amide bonds. The monoisotopic (exact) mass is 292 g/mol. The van der Waals surface area contributed by atoms with E-state index in [9.17, 15) is 4.79 Å². The molecule has 3 rings (SSSR count). The van der Waals surface area contributed by atoms with Crippen molar-refractivity contribution in [2.24, 2.45) is 5.92 Å². The zero-order valence-corrected chi connectivity index (χ0v) is 12.6. The Balaban J connectivity index is 1.54. The number of aromatic nitrogens is 2. The summed E-state index contributed by atoms with van der Waals surface area (Å²) in [7, 11) is 0. The maximum Gasteiger partial charge on any atom is 0.268 e. The van der Waals surface area contributed by atoms with Crippen molar-refractivity contribution in [1.29, 1.82) is 0 Å². The van der Waals surface area contributed by atoms with Gasteiger partial charge in [-0.05, 0) is 25.7 Å². The topological polar surface area (TPSA) is 59.4 Å². The summed E-state index contributed by atoms with van der Waals surface area (Å²) in [6, 6.07) is 2.23. The highest BCUT2D eigenvalue weighted by molar-refractivity contribution is 5.43. The first-order chi connectivity index (χ1) is 10.2. The molecule has 1 aromatic heterocycles. The van der Waals surface area contributed by atoms with Crippen LogP contribution in [0.1, 0.15) is 19.8 Å². The predicted molar refractivity (Wildman–Crippen MR) is 81.7 cm³/mol. The Morgan fingerprint density at radius 1 is 1.43 bits per heavy atom. The van der Waals surface area contributed by atoms with E-state index in [1.807, 2.05) is 0 Å². The van der Waals surface area contributed by atoms with Crippen LogP contribution in [0, 0.1) is 5.92 Å². The van der Waals surface area contributed by atoms with E-state index in [0.717, 1.165) is 31.2 Å². The van der Waals surface area contributed by atoms with Crippen LogP contribution in [0.15, 0.2) is 17.1 Å². The lowest BCUT2D eigenvalue weighted by molar-refractivity contribution is 0.122. The Morgan fingerprint density at radius 2 is 2.19 bits per heavy atom. The number of nitrogens with zero attached hydrogens (tertiary/aromatic N) is 3. The molecule has 2 aliphatic rings. The van der Waals surface area contributed by atoms with E-state index < -0.39 is 0 Å². The normalized spacial score (nSPS) is 20.5. The van der Waals surface area contributed by atoms with Gasteiger partial charge in [-0.25, -0.2) is 4.68 Å². The first kappa shape index (κ1) is 14.5. The molecule has 21 heavy (non-hydrogen) atoms. The van der Waals surface area contributed by atoms with Gasteiger partial charge in [-0.1, -0.05) is 0 Å². The molecule has 0 aromatic carbocycles. The van der Waals surface area contributed by atoms with E-state index in [0.29, 0.717) is 25.8 Å². The second-order valence-corrected chi connectivity index (χ2v) is 5.95. The first-order valence-electron chi connectivity index (χ1n) is 7.87. The summed E-state index contributed by atoms with van der Waals surface area (Å²) in [5, 5.41) is 7.76. The van der Waals surface area contributed by atoms with Crippen LogP contribution in [0.5, 0.6) is 0 Å². The lowest BCUT2D eigenvalue weighted by Gasteiger charge is -2.28. The van der Waals surface area contributed by atoms with Crippen molar-refractivity contribution in [3.8, 4) is 0 Å². The quantitative estimate of drug-likeness (QED) is 0.826. The van der Waals surface area contributed by atoms with Crippen molar-refractivity contribution in [3.63, 3.8) is 0 Å². The molecule has 0 bridgehead atoms. The van der Waals surface area contributed by atoms with Gasteiger partial charge < -0.3 is 15.0 Å². The molecule has 1 aromatic rings. The molecule has 1 N–H and O–H groups in total.